The summed E-state index contributed by atoms with van der Waals surface area (Å²) in [6, 6.07) is 14.3. The zero-order valence-corrected chi connectivity index (χ0v) is 23.9. The summed E-state index contributed by atoms with van der Waals surface area (Å²) >= 11 is 0. The van der Waals surface area contributed by atoms with Crippen LogP contribution in [0.4, 0.5) is 0 Å². The van der Waals surface area contributed by atoms with Crippen LogP contribution in [-0.2, 0) is 40.1 Å². The number of allylic oxidation sites excluding steroid dienone is 1. The molecule has 0 saturated heterocycles. The van der Waals surface area contributed by atoms with E-state index in [1.54, 1.807) is 21.1 Å². The normalized spacial score (nSPS) is 17.1. The average Bonchev–Trinajstić information content (AvgIpc) is 3.42. The second-order valence-corrected chi connectivity index (χ2v) is 11.0. The zero-order valence-electron chi connectivity index (χ0n) is 23.9. The lowest BCUT2D eigenvalue weighted by Gasteiger charge is -2.25. The summed E-state index contributed by atoms with van der Waals surface area (Å²) in [7, 11) is 3.43. The molecule has 7 heteroatoms. The van der Waals surface area contributed by atoms with E-state index in [1.807, 2.05) is 24.3 Å². The summed E-state index contributed by atoms with van der Waals surface area (Å²) in [5.41, 5.74) is 8.30. The fraction of sp³-hybridized carbons (Fsp3) is 0.394. The van der Waals surface area contributed by atoms with Crippen LogP contribution in [-0.4, -0.2) is 27.0 Å². The number of carboxylic acid groups (broad SMARTS) is 1. The van der Waals surface area contributed by atoms with Gasteiger partial charge in [-0.3, -0.25) is 0 Å². The minimum absolute atomic E-state index is 0.135. The molecule has 0 radical (unpaired) electrons. The van der Waals surface area contributed by atoms with E-state index in [1.165, 1.54) is 33.5 Å². The Balaban J connectivity index is 0.000000186. The Kier molecular flexibility index (Phi) is 8.12. The van der Waals surface area contributed by atoms with E-state index >= 15 is 0 Å². The van der Waals surface area contributed by atoms with Crippen molar-refractivity contribution in [2.24, 2.45) is 5.92 Å². The van der Waals surface area contributed by atoms with Gasteiger partial charge in [-0.2, -0.15) is 4.57 Å². The van der Waals surface area contributed by atoms with E-state index in [0.29, 0.717) is 12.7 Å². The minimum Gasteiger partial charge on any atom is -0.550 e. The number of ether oxygens (including phenoxy) is 4. The molecule has 6 rings (SSSR count). The molecular weight excluding hydrogens is 506 g/mol. The Morgan fingerprint density at radius 2 is 1.77 bits per heavy atom. The Morgan fingerprint density at radius 3 is 2.42 bits per heavy atom. The second-order valence-electron chi connectivity index (χ2n) is 11.0. The van der Waals surface area contributed by atoms with Crippen LogP contribution >= 0.6 is 0 Å². The highest BCUT2D eigenvalue weighted by Crippen LogP contribution is 2.41. The van der Waals surface area contributed by atoms with E-state index < -0.39 is 11.9 Å². The lowest BCUT2D eigenvalue weighted by Crippen LogP contribution is -2.41. The van der Waals surface area contributed by atoms with Gasteiger partial charge in [-0.15, -0.1) is 0 Å². The zero-order chi connectivity index (χ0) is 28.4. The number of nitrogens with zero attached hydrogens (tertiary/aromatic N) is 1. The van der Waals surface area contributed by atoms with Crippen LogP contribution in [0.1, 0.15) is 60.6 Å². The van der Waals surface area contributed by atoms with Gasteiger partial charge in [0.15, 0.2) is 24.2 Å². The molecule has 3 aliphatic rings. The molecule has 3 aromatic rings. The number of rotatable bonds is 6. The van der Waals surface area contributed by atoms with Crippen LogP contribution in [0.25, 0.3) is 11.3 Å². The average molecular weight is 544 g/mol. The molecule has 0 amide bonds. The molecule has 2 aromatic carbocycles. The molecular formula is C33H37NO6. The maximum absolute atomic E-state index is 10.7. The van der Waals surface area contributed by atoms with E-state index in [-0.39, 0.29) is 6.10 Å². The SMILES string of the molecule is CC(C)Cc1ccc(C(C)C(=O)[O-])cc1.COC1=CCc2cc3[n+](cc2C1OC)CCc1cc2c(cc1-3)OCO2. The van der Waals surface area contributed by atoms with Crippen molar-refractivity contribution in [2.75, 3.05) is 21.0 Å². The summed E-state index contributed by atoms with van der Waals surface area (Å²) in [6.07, 6.45) is 7.05. The van der Waals surface area contributed by atoms with Crippen molar-refractivity contribution >= 4 is 5.97 Å². The molecule has 0 bridgehead atoms. The van der Waals surface area contributed by atoms with Crippen LogP contribution in [0.3, 0.4) is 0 Å². The quantitative estimate of drug-likeness (QED) is 0.428. The van der Waals surface area contributed by atoms with Gasteiger partial charge in [-0.05, 0) is 59.2 Å². The van der Waals surface area contributed by atoms with E-state index in [0.717, 1.165) is 48.6 Å². The molecule has 7 nitrogen and oxygen atoms in total. The van der Waals surface area contributed by atoms with Crippen LogP contribution in [0.2, 0.25) is 0 Å². The smallest absolute Gasteiger partial charge is 0.231 e. The minimum atomic E-state index is -1.02. The number of methoxy groups -OCH3 is 2. The van der Waals surface area contributed by atoms with Crippen LogP contribution in [0, 0.1) is 5.92 Å². The number of aliphatic carboxylic acids is 1. The largest absolute Gasteiger partial charge is 0.550 e. The molecule has 40 heavy (non-hydrogen) atoms. The third kappa shape index (κ3) is 5.56. The number of aryl methyl sites for hydroxylation is 2. The molecule has 0 N–H and O–H groups in total. The van der Waals surface area contributed by atoms with E-state index in [9.17, 15) is 9.90 Å². The van der Waals surface area contributed by atoms with Crippen molar-refractivity contribution in [3.63, 3.8) is 0 Å². The maximum atomic E-state index is 10.7. The van der Waals surface area contributed by atoms with Gasteiger partial charge in [-0.1, -0.05) is 45.0 Å². The van der Waals surface area contributed by atoms with Gasteiger partial charge in [-0.25, -0.2) is 0 Å². The van der Waals surface area contributed by atoms with E-state index in [4.69, 9.17) is 18.9 Å². The van der Waals surface area contributed by atoms with Gasteiger partial charge < -0.3 is 28.8 Å². The Labute approximate surface area is 236 Å². The summed E-state index contributed by atoms with van der Waals surface area (Å²) in [5.74, 6) is 1.65. The molecule has 210 valence electrons. The van der Waals surface area contributed by atoms with Crippen LogP contribution in [0.5, 0.6) is 11.5 Å². The number of carbonyl (C=O) groups excluding carboxylic acids is 1. The Hall–Kier alpha value is -3.84. The molecule has 1 aromatic heterocycles. The first-order chi connectivity index (χ1) is 19.3. The first-order valence-electron chi connectivity index (χ1n) is 13.8. The number of carboxylic acids is 1. The number of pyridine rings is 1. The number of hydrogen-bond donors (Lipinski definition) is 0. The highest BCUT2D eigenvalue weighted by Gasteiger charge is 2.33. The monoisotopic (exact) mass is 543 g/mol. The highest BCUT2D eigenvalue weighted by atomic mass is 16.7. The topological polar surface area (TPSA) is 80.9 Å². The lowest BCUT2D eigenvalue weighted by atomic mass is 9.90. The molecule has 2 aliphatic heterocycles. The summed E-state index contributed by atoms with van der Waals surface area (Å²) in [4.78, 5) is 10.7. The fourth-order valence-electron chi connectivity index (χ4n) is 5.61. The van der Waals surface area contributed by atoms with E-state index in [2.05, 4.69) is 48.9 Å². The first kappa shape index (κ1) is 27.7. The summed E-state index contributed by atoms with van der Waals surface area (Å²) in [6.45, 7) is 7.22. The number of benzene rings is 2. The molecule has 1 aliphatic carbocycles. The van der Waals surface area contributed by atoms with Crippen molar-refractivity contribution < 1.29 is 33.4 Å². The van der Waals surface area contributed by atoms with Gasteiger partial charge in [0, 0.05) is 31.5 Å². The first-order valence-corrected chi connectivity index (χ1v) is 13.8. The third-order valence-corrected chi connectivity index (χ3v) is 7.80. The lowest BCUT2D eigenvalue weighted by molar-refractivity contribution is -0.688. The van der Waals surface area contributed by atoms with Crippen molar-refractivity contribution in [1.82, 2.24) is 0 Å². The van der Waals surface area contributed by atoms with Crippen molar-refractivity contribution in [1.29, 1.82) is 0 Å². The van der Waals surface area contributed by atoms with Gasteiger partial charge in [0.25, 0.3) is 0 Å². The standard InChI is InChI=1S/C20H20NO4.C13H18O2/c1-22-17-4-3-12-7-16-14-9-19-18(24-11-25-19)8-13(14)5-6-21(16)10-15(12)20(17)23-2;1-9(2)8-11-4-6-12(7-5-11)10(3)13(14)15/h4,7-10,20H,3,5-6,11H2,1-2H3;4-7,9-10H,8H2,1-3H3,(H,14,15)/q+1;/p-1. The summed E-state index contributed by atoms with van der Waals surface area (Å²) < 4.78 is 24.6. The number of carbonyl (C=O) groups is 1. The fourth-order valence-corrected chi connectivity index (χ4v) is 5.61. The Bertz CT molecular complexity index is 1430. The van der Waals surface area contributed by atoms with Crippen LogP contribution < -0.4 is 19.1 Å². The summed E-state index contributed by atoms with van der Waals surface area (Å²) in [5, 5.41) is 10.7. The van der Waals surface area contributed by atoms with Gasteiger partial charge in [0.1, 0.15) is 11.9 Å². The molecule has 2 atom stereocenters. The van der Waals surface area contributed by atoms with Gasteiger partial charge >= 0.3 is 0 Å². The molecule has 0 saturated carbocycles. The second kappa shape index (κ2) is 11.7. The predicted molar refractivity (Wildman–Crippen MR) is 149 cm³/mol. The number of hydrogen-bond acceptors (Lipinski definition) is 6. The molecule has 0 fully saturated rings. The Morgan fingerprint density at radius 1 is 1.05 bits per heavy atom. The van der Waals surface area contributed by atoms with Crippen molar-refractivity contribution in [3.8, 4) is 22.8 Å². The van der Waals surface area contributed by atoms with Crippen molar-refractivity contribution in [3.05, 3.63) is 88.3 Å². The molecule has 2 unspecified atom stereocenters. The van der Waals surface area contributed by atoms with Gasteiger partial charge in [0.2, 0.25) is 12.5 Å². The van der Waals surface area contributed by atoms with Crippen LogP contribution in [0.15, 0.2) is 60.5 Å². The van der Waals surface area contributed by atoms with Crippen molar-refractivity contribution in [2.45, 2.75) is 58.6 Å². The molecule has 0 spiro atoms. The predicted octanol–water partition coefficient (Wildman–Crippen LogP) is 4.44. The number of aromatic nitrogens is 1. The third-order valence-electron chi connectivity index (χ3n) is 7.80. The highest BCUT2D eigenvalue weighted by molar-refractivity contribution is 5.73. The van der Waals surface area contributed by atoms with Gasteiger partial charge in [0.05, 0.1) is 18.2 Å². The molecule has 3 heterocycles. The maximum Gasteiger partial charge on any atom is 0.231 e. The number of fused-ring (bicyclic) bond motifs is 5.